The van der Waals surface area contributed by atoms with Crippen molar-refractivity contribution in [3.05, 3.63) is 48.0 Å². The third-order valence-corrected chi connectivity index (χ3v) is 4.99. The monoisotopic (exact) mass is 384 g/mol. The van der Waals surface area contributed by atoms with Gasteiger partial charge in [0.25, 0.3) is 0 Å². The predicted molar refractivity (Wildman–Crippen MR) is 111 cm³/mol. The van der Waals surface area contributed by atoms with Crippen molar-refractivity contribution in [2.24, 2.45) is 4.99 Å². The number of nitrogens with zero attached hydrogens (tertiary/aromatic N) is 5. The fourth-order valence-corrected chi connectivity index (χ4v) is 3.41. The van der Waals surface area contributed by atoms with Gasteiger partial charge in [-0.25, -0.2) is 0 Å². The van der Waals surface area contributed by atoms with Crippen molar-refractivity contribution in [3.63, 3.8) is 0 Å². The number of benzene rings is 1. The third-order valence-electron chi connectivity index (χ3n) is 4.99. The number of aryl methyl sites for hydroxylation is 1. The topological polar surface area (TPSA) is 67.6 Å². The Morgan fingerprint density at radius 2 is 2.18 bits per heavy atom. The van der Waals surface area contributed by atoms with Crippen LogP contribution in [0.2, 0.25) is 0 Å². The Hall–Kier alpha value is -2.41. The van der Waals surface area contributed by atoms with E-state index in [1.807, 2.05) is 6.07 Å². The molecule has 1 saturated heterocycles. The number of guanidine groups is 1. The van der Waals surface area contributed by atoms with Crippen LogP contribution in [-0.4, -0.2) is 58.5 Å². The number of aliphatic imine (C=N–C) groups is 1. The first-order valence-electron chi connectivity index (χ1n) is 10.3. The van der Waals surface area contributed by atoms with Crippen molar-refractivity contribution in [1.29, 1.82) is 0 Å². The third kappa shape index (κ3) is 6.05. The van der Waals surface area contributed by atoms with Crippen molar-refractivity contribution in [1.82, 2.24) is 25.0 Å². The van der Waals surface area contributed by atoms with Gasteiger partial charge in [0.2, 0.25) is 0 Å². The van der Waals surface area contributed by atoms with E-state index in [-0.39, 0.29) is 6.10 Å². The summed E-state index contributed by atoms with van der Waals surface area (Å²) in [6, 6.07) is 10.5. The van der Waals surface area contributed by atoms with Gasteiger partial charge in [0.05, 0.1) is 12.6 Å². The Bertz CT molecular complexity index is 724. The second-order valence-corrected chi connectivity index (χ2v) is 7.22. The molecule has 2 aromatic rings. The second kappa shape index (κ2) is 10.8. The summed E-state index contributed by atoms with van der Waals surface area (Å²) >= 11 is 0. The van der Waals surface area contributed by atoms with E-state index in [1.165, 1.54) is 12.0 Å². The molecule has 3 rings (SSSR count). The molecule has 152 valence electrons. The van der Waals surface area contributed by atoms with Crippen LogP contribution in [0.5, 0.6) is 0 Å². The number of hydrogen-bond donors (Lipinski definition) is 1. The summed E-state index contributed by atoms with van der Waals surface area (Å²) in [5, 5.41) is 11.7. The van der Waals surface area contributed by atoms with Crippen LogP contribution in [-0.2, 0) is 24.2 Å². The Kier molecular flexibility index (Phi) is 7.84. The van der Waals surface area contributed by atoms with Crippen molar-refractivity contribution >= 4 is 5.96 Å². The van der Waals surface area contributed by atoms with E-state index in [9.17, 15) is 0 Å². The minimum atomic E-state index is 0.236. The first-order chi connectivity index (χ1) is 13.8. The number of rotatable bonds is 8. The summed E-state index contributed by atoms with van der Waals surface area (Å²) in [6.45, 7) is 6.05. The van der Waals surface area contributed by atoms with Crippen molar-refractivity contribution in [2.75, 3.05) is 26.7 Å². The van der Waals surface area contributed by atoms with Crippen LogP contribution < -0.4 is 5.32 Å². The van der Waals surface area contributed by atoms with E-state index in [0.29, 0.717) is 6.54 Å². The Morgan fingerprint density at radius 1 is 1.32 bits per heavy atom. The first-order valence-corrected chi connectivity index (χ1v) is 10.3. The molecular weight excluding hydrogens is 352 g/mol. The molecule has 7 heteroatoms. The summed E-state index contributed by atoms with van der Waals surface area (Å²) in [5.74, 6) is 1.91. The Labute approximate surface area is 167 Å². The zero-order chi connectivity index (χ0) is 19.6. The maximum absolute atomic E-state index is 5.85. The van der Waals surface area contributed by atoms with Crippen LogP contribution >= 0.6 is 0 Å². The lowest BCUT2D eigenvalue weighted by molar-refractivity contribution is 0.0223. The number of nitrogens with one attached hydrogen (secondary N) is 1. The highest BCUT2D eigenvalue weighted by molar-refractivity contribution is 5.79. The zero-order valence-corrected chi connectivity index (χ0v) is 17.0. The van der Waals surface area contributed by atoms with Crippen LogP contribution in [0.3, 0.4) is 0 Å². The molecule has 1 fully saturated rings. The van der Waals surface area contributed by atoms with Crippen molar-refractivity contribution < 1.29 is 4.74 Å². The molecule has 28 heavy (non-hydrogen) atoms. The molecule has 1 aliphatic heterocycles. The van der Waals surface area contributed by atoms with E-state index in [2.05, 4.69) is 63.2 Å². The average Bonchev–Trinajstić information content (AvgIpc) is 3.19. The maximum atomic E-state index is 5.85. The molecule has 0 aliphatic carbocycles. The van der Waals surface area contributed by atoms with Gasteiger partial charge in [-0.3, -0.25) is 4.99 Å². The van der Waals surface area contributed by atoms with Gasteiger partial charge in [-0.2, -0.15) is 0 Å². The largest absolute Gasteiger partial charge is 0.376 e. The molecule has 0 spiro atoms. The highest BCUT2D eigenvalue weighted by atomic mass is 16.5. The minimum absolute atomic E-state index is 0.236. The smallest absolute Gasteiger partial charge is 0.194 e. The standard InChI is InChI=1S/C21H32N6O/c1-3-20-25-24-17-27(20)13-12-22-21(23-15-19-11-7-8-14-28-19)26(2)16-18-9-5-4-6-10-18/h4-6,9-10,17,19H,3,7-8,11-16H2,1-2H3,(H,22,23). The first kappa shape index (κ1) is 20.3. The van der Waals surface area contributed by atoms with Crippen LogP contribution in [0.25, 0.3) is 0 Å². The molecular formula is C21H32N6O. The zero-order valence-electron chi connectivity index (χ0n) is 17.0. The van der Waals surface area contributed by atoms with Gasteiger partial charge in [-0.05, 0) is 24.8 Å². The molecule has 0 amide bonds. The average molecular weight is 385 g/mol. The normalized spacial score (nSPS) is 17.5. The minimum Gasteiger partial charge on any atom is -0.376 e. The molecule has 1 aromatic heterocycles. The van der Waals surface area contributed by atoms with Gasteiger partial charge in [0, 0.05) is 39.7 Å². The lowest BCUT2D eigenvalue weighted by atomic mass is 10.1. The summed E-state index contributed by atoms with van der Waals surface area (Å²) in [4.78, 5) is 7.04. The molecule has 1 aromatic carbocycles. The molecule has 0 saturated carbocycles. The lowest BCUT2D eigenvalue weighted by Gasteiger charge is -2.25. The van der Waals surface area contributed by atoms with E-state index in [1.54, 1.807) is 6.33 Å². The molecule has 1 N–H and O–H groups in total. The number of ether oxygens (including phenoxy) is 1. The fraction of sp³-hybridized carbons (Fsp3) is 0.571. The van der Waals surface area contributed by atoms with Crippen LogP contribution in [0.4, 0.5) is 0 Å². The molecule has 7 nitrogen and oxygen atoms in total. The van der Waals surface area contributed by atoms with Crippen LogP contribution in [0, 0.1) is 0 Å². The second-order valence-electron chi connectivity index (χ2n) is 7.22. The Morgan fingerprint density at radius 3 is 2.93 bits per heavy atom. The quantitative estimate of drug-likeness (QED) is 0.559. The van der Waals surface area contributed by atoms with Crippen LogP contribution in [0.1, 0.15) is 37.6 Å². The SMILES string of the molecule is CCc1nncn1CCNC(=NCC1CCCCO1)N(C)Cc1ccccc1. The Balaban J connectivity index is 1.60. The van der Waals surface area contributed by atoms with Crippen LogP contribution in [0.15, 0.2) is 41.7 Å². The molecule has 1 unspecified atom stereocenters. The maximum Gasteiger partial charge on any atom is 0.194 e. The van der Waals surface area contributed by atoms with Gasteiger partial charge in [0.1, 0.15) is 12.2 Å². The summed E-state index contributed by atoms with van der Waals surface area (Å²) < 4.78 is 7.94. The molecule has 2 heterocycles. The molecule has 1 aliphatic rings. The number of aromatic nitrogens is 3. The van der Waals surface area contributed by atoms with E-state index in [4.69, 9.17) is 9.73 Å². The molecule has 0 radical (unpaired) electrons. The van der Waals surface area contributed by atoms with Gasteiger partial charge in [0.15, 0.2) is 5.96 Å². The highest BCUT2D eigenvalue weighted by Crippen LogP contribution is 2.13. The van der Waals surface area contributed by atoms with Gasteiger partial charge in [-0.1, -0.05) is 37.3 Å². The van der Waals surface area contributed by atoms with E-state index < -0.39 is 0 Å². The van der Waals surface area contributed by atoms with Crippen molar-refractivity contribution in [2.45, 2.75) is 51.8 Å². The summed E-state index contributed by atoms with van der Waals surface area (Å²) in [5.41, 5.74) is 1.26. The van der Waals surface area contributed by atoms with E-state index >= 15 is 0 Å². The van der Waals surface area contributed by atoms with Gasteiger partial charge < -0.3 is 19.5 Å². The van der Waals surface area contributed by atoms with Gasteiger partial charge >= 0.3 is 0 Å². The summed E-state index contributed by atoms with van der Waals surface area (Å²) in [7, 11) is 2.08. The summed E-state index contributed by atoms with van der Waals surface area (Å²) in [6.07, 6.45) is 6.41. The lowest BCUT2D eigenvalue weighted by Crippen LogP contribution is -2.40. The molecule has 1 atom stereocenters. The van der Waals surface area contributed by atoms with Gasteiger partial charge in [-0.15, -0.1) is 10.2 Å². The predicted octanol–water partition coefficient (Wildman–Crippen LogP) is 2.49. The van der Waals surface area contributed by atoms with Crippen molar-refractivity contribution in [3.8, 4) is 0 Å². The highest BCUT2D eigenvalue weighted by Gasteiger charge is 2.15. The van der Waals surface area contributed by atoms with E-state index in [0.717, 1.165) is 57.3 Å². The molecule has 0 bridgehead atoms. The number of hydrogen-bond acceptors (Lipinski definition) is 4. The fourth-order valence-electron chi connectivity index (χ4n) is 3.41.